The number of ether oxygens (including phenoxy) is 1. The number of fused-ring (bicyclic) bond motifs is 1. The third-order valence-corrected chi connectivity index (χ3v) is 5.94. The predicted octanol–water partition coefficient (Wildman–Crippen LogP) is 5.42. The van der Waals surface area contributed by atoms with E-state index in [0.717, 1.165) is 29.5 Å². The molecule has 0 saturated carbocycles. The van der Waals surface area contributed by atoms with Crippen molar-refractivity contribution >= 4 is 17.8 Å². The first-order valence-electron chi connectivity index (χ1n) is 9.84. The van der Waals surface area contributed by atoms with Gasteiger partial charge in [-0.15, -0.1) is 0 Å². The van der Waals surface area contributed by atoms with Gasteiger partial charge in [0.1, 0.15) is 5.75 Å². The van der Waals surface area contributed by atoms with E-state index in [2.05, 4.69) is 32.4 Å². The number of carbonyl (C=O) groups is 2. The first kappa shape index (κ1) is 20.8. The molecule has 1 N–H and O–H groups in total. The van der Waals surface area contributed by atoms with Crippen molar-refractivity contribution in [1.82, 2.24) is 0 Å². The van der Waals surface area contributed by atoms with Gasteiger partial charge in [-0.1, -0.05) is 45.9 Å². The number of aromatic hydroxyl groups is 1. The highest BCUT2D eigenvalue weighted by atomic mass is 16.5. The maximum atomic E-state index is 12.8. The topological polar surface area (TPSA) is 63.6 Å². The molecule has 29 heavy (non-hydrogen) atoms. The van der Waals surface area contributed by atoms with E-state index in [0.29, 0.717) is 11.1 Å². The fraction of sp³-hybridized carbons (Fsp3) is 0.360. The highest BCUT2D eigenvalue weighted by Gasteiger charge is 2.39. The number of ketones is 1. The van der Waals surface area contributed by atoms with Crippen LogP contribution in [0.3, 0.4) is 0 Å². The second-order valence-electron chi connectivity index (χ2n) is 9.00. The summed E-state index contributed by atoms with van der Waals surface area (Å²) in [6.45, 7) is 8.60. The molecule has 4 nitrogen and oxygen atoms in total. The molecule has 1 aliphatic rings. The highest BCUT2D eigenvalue weighted by molar-refractivity contribution is 6.07. The number of methoxy groups -OCH3 is 1. The van der Waals surface area contributed by atoms with E-state index in [-0.39, 0.29) is 22.4 Å². The van der Waals surface area contributed by atoms with Crippen LogP contribution in [0, 0.1) is 0 Å². The van der Waals surface area contributed by atoms with Gasteiger partial charge in [-0.3, -0.25) is 4.79 Å². The van der Waals surface area contributed by atoms with Crippen molar-refractivity contribution in [2.75, 3.05) is 7.11 Å². The van der Waals surface area contributed by atoms with Gasteiger partial charge in [0.25, 0.3) is 0 Å². The number of hydrogen-bond donors (Lipinski definition) is 1. The molecule has 0 radical (unpaired) electrons. The molecule has 0 aliphatic heterocycles. The summed E-state index contributed by atoms with van der Waals surface area (Å²) in [5.41, 5.74) is 3.53. The summed E-state index contributed by atoms with van der Waals surface area (Å²) in [6.07, 6.45) is 5.20. The lowest BCUT2D eigenvalue weighted by molar-refractivity contribution is 0.0600. The number of esters is 1. The van der Waals surface area contributed by atoms with E-state index < -0.39 is 5.97 Å². The highest BCUT2D eigenvalue weighted by Crippen LogP contribution is 2.49. The zero-order valence-corrected chi connectivity index (χ0v) is 17.7. The smallest absolute Gasteiger partial charge is 0.337 e. The lowest BCUT2D eigenvalue weighted by Gasteiger charge is -2.42. The average Bonchev–Trinajstić information content (AvgIpc) is 2.68. The second kappa shape index (κ2) is 7.51. The molecule has 2 aromatic carbocycles. The van der Waals surface area contributed by atoms with Crippen LogP contribution < -0.4 is 0 Å². The molecule has 0 atom stereocenters. The monoisotopic (exact) mass is 392 g/mol. The van der Waals surface area contributed by atoms with Crippen molar-refractivity contribution in [1.29, 1.82) is 0 Å². The Morgan fingerprint density at radius 1 is 0.966 bits per heavy atom. The van der Waals surface area contributed by atoms with Crippen LogP contribution in [0.2, 0.25) is 0 Å². The fourth-order valence-corrected chi connectivity index (χ4v) is 4.02. The van der Waals surface area contributed by atoms with Crippen LogP contribution >= 0.6 is 0 Å². The molecule has 4 heteroatoms. The van der Waals surface area contributed by atoms with Crippen molar-refractivity contribution in [2.45, 2.75) is 51.4 Å². The summed E-state index contributed by atoms with van der Waals surface area (Å²) in [7, 11) is 1.34. The molecule has 0 unspecified atom stereocenters. The average molecular weight is 392 g/mol. The Morgan fingerprint density at radius 2 is 1.59 bits per heavy atom. The number of benzene rings is 2. The van der Waals surface area contributed by atoms with Gasteiger partial charge < -0.3 is 9.84 Å². The SMILES string of the molecule is COC(=O)c1ccc(/C=C/C(=O)c2cc(O)c3c(c2)C(C)(C)CCC3(C)C)cc1. The van der Waals surface area contributed by atoms with Crippen molar-refractivity contribution in [2.24, 2.45) is 0 Å². The molecule has 0 saturated heterocycles. The second-order valence-corrected chi connectivity index (χ2v) is 9.00. The predicted molar refractivity (Wildman–Crippen MR) is 115 cm³/mol. The molecule has 0 spiro atoms. The zero-order valence-electron chi connectivity index (χ0n) is 17.7. The number of phenols is 1. The van der Waals surface area contributed by atoms with Crippen LogP contribution in [-0.2, 0) is 15.6 Å². The Balaban J connectivity index is 1.89. The van der Waals surface area contributed by atoms with E-state index in [4.69, 9.17) is 0 Å². The van der Waals surface area contributed by atoms with E-state index in [1.165, 1.54) is 13.2 Å². The Kier molecular flexibility index (Phi) is 5.40. The molecule has 0 heterocycles. The lowest BCUT2D eigenvalue weighted by Crippen LogP contribution is -2.34. The zero-order chi connectivity index (χ0) is 21.4. The number of carbonyl (C=O) groups excluding carboxylic acids is 2. The van der Waals surface area contributed by atoms with Gasteiger partial charge in [0, 0.05) is 11.1 Å². The third-order valence-electron chi connectivity index (χ3n) is 5.94. The van der Waals surface area contributed by atoms with Crippen molar-refractivity contribution in [3.05, 3.63) is 70.3 Å². The summed E-state index contributed by atoms with van der Waals surface area (Å²) in [5, 5.41) is 10.7. The molecule has 152 valence electrons. The summed E-state index contributed by atoms with van der Waals surface area (Å²) >= 11 is 0. The molecule has 3 rings (SSSR count). The maximum Gasteiger partial charge on any atom is 0.337 e. The summed E-state index contributed by atoms with van der Waals surface area (Å²) in [4.78, 5) is 24.3. The number of phenolic OH excluding ortho intramolecular Hbond substituents is 1. The van der Waals surface area contributed by atoms with Crippen molar-refractivity contribution < 1.29 is 19.4 Å². The van der Waals surface area contributed by atoms with Crippen LogP contribution in [0.1, 0.15) is 77.9 Å². The number of rotatable bonds is 4. The van der Waals surface area contributed by atoms with Crippen molar-refractivity contribution in [3.63, 3.8) is 0 Å². The van der Waals surface area contributed by atoms with E-state index in [1.54, 1.807) is 36.4 Å². The van der Waals surface area contributed by atoms with Crippen LogP contribution in [-0.4, -0.2) is 24.0 Å². The van der Waals surface area contributed by atoms with Crippen LogP contribution in [0.25, 0.3) is 6.08 Å². The normalized spacial score (nSPS) is 17.0. The van der Waals surface area contributed by atoms with Crippen LogP contribution in [0.5, 0.6) is 5.75 Å². The van der Waals surface area contributed by atoms with E-state index >= 15 is 0 Å². The Bertz CT molecular complexity index is 979. The largest absolute Gasteiger partial charge is 0.508 e. The van der Waals surface area contributed by atoms with Crippen LogP contribution in [0.15, 0.2) is 42.5 Å². The maximum absolute atomic E-state index is 12.8. The van der Waals surface area contributed by atoms with Gasteiger partial charge >= 0.3 is 5.97 Å². The minimum atomic E-state index is -0.397. The number of hydrogen-bond acceptors (Lipinski definition) is 4. The summed E-state index contributed by atoms with van der Waals surface area (Å²) in [6, 6.07) is 10.3. The first-order valence-corrected chi connectivity index (χ1v) is 9.84. The van der Waals surface area contributed by atoms with Gasteiger partial charge in [-0.05, 0) is 65.1 Å². The third kappa shape index (κ3) is 4.12. The quantitative estimate of drug-likeness (QED) is 0.428. The van der Waals surface area contributed by atoms with E-state index in [9.17, 15) is 14.7 Å². The summed E-state index contributed by atoms with van der Waals surface area (Å²) in [5.74, 6) is -0.370. The molecule has 0 aromatic heterocycles. The lowest BCUT2D eigenvalue weighted by atomic mass is 9.62. The van der Waals surface area contributed by atoms with Gasteiger partial charge in [0.05, 0.1) is 12.7 Å². The molecular weight excluding hydrogens is 364 g/mol. The minimum absolute atomic E-state index is 0.0912. The Morgan fingerprint density at radius 3 is 2.21 bits per heavy atom. The van der Waals surface area contributed by atoms with E-state index in [1.807, 2.05) is 6.07 Å². The molecule has 2 aromatic rings. The Hall–Kier alpha value is -2.88. The standard InChI is InChI=1S/C25H28O4/c1-24(2)12-13-25(3,4)22-19(24)14-18(15-21(22)27)20(26)11-8-16-6-9-17(10-7-16)23(28)29-5/h6-11,14-15,27H,12-13H2,1-5H3/b11-8+. The Labute approximate surface area is 172 Å². The summed E-state index contributed by atoms with van der Waals surface area (Å²) < 4.78 is 4.69. The van der Waals surface area contributed by atoms with Gasteiger partial charge in [-0.2, -0.15) is 0 Å². The number of allylic oxidation sites excluding steroid dienone is 1. The van der Waals surface area contributed by atoms with Gasteiger partial charge in [0.15, 0.2) is 5.78 Å². The first-order chi connectivity index (χ1) is 13.5. The molecule has 0 amide bonds. The van der Waals surface area contributed by atoms with Gasteiger partial charge in [-0.25, -0.2) is 4.79 Å². The fourth-order valence-electron chi connectivity index (χ4n) is 4.02. The molecule has 0 bridgehead atoms. The van der Waals surface area contributed by atoms with Crippen molar-refractivity contribution in [3.8, 4) is 5.75 Å². The molecule has 1 aliphatic carbocycles. The minimum Gasteiger partial charge on any atom is -0.508 e. The van der Waals surface area contributed by atoms with Gasteiger partial charge in [0.2, 0.25) is 0 Å². The van der Waals surface area contributed by atoms with Crippen LogP contribution in [0.4, 0.5) is 0 Å². The molecular formula is C25H28O4. The molecule has 0 fully saturated rings.